The van der Waals surface area contributed by atoms with Gasteiger partial charge >= 0.3 is 13.6 Å². The summed E-state index contributed by atoms with van der Waals surface area (Å²) in [6.45, 7) is 1.27. The molecule has 0 spiro atoms. The fraction of sp³-hybridized carbons (Fsp3) is 0.710. The van der Waals surface area contributed by atoms with Crippen molar-refractivity contribution in [2.45, 2.75) is 121 Å². The normalized spacial score (nSPS) is 22.9. The molecule has 3 heterocycles. The fourth-order valence-electron chi connectivity index (χ4n) is 6.21. The van der Waals surface area contributed by atoms with Crippen LogP contribution in [-0.4, -0.2) is 81.4 Å². The zero-order chi connectivity index (χ0) is 34.9. The molecule has 4 N–H and O–H groups in total. The van der Waals surface area contributed by atoms with Gasteiger partial charge in [-0.15, -0.1) is 0 Å². The number of hydrogen-bond donors (Lipinski definition) is 4. The number of aliphatic hydroxyl groups excluding tert-OH is 2. The lowest BCUT2D eigenvalue weighted by Gasteiger charge is -2.19. The second kappa shape index (κ2) is 17.6. The first-order chi connectivity index (χ1) is 22.9. The molecule has 268 valence electrons. The predicted octanol–water partition coefficient (Wildman–Crippen LogP) is 5.14. The number of fused-ring (bicyclic) bond motifs is 1. The minimum atomic E-state index is -4.77. The molecule has 2 fully saturated rings. The molecule has 0 aromatic carbocycles. The van der Waals surface area contributed by atoms with Gasteiger partial charge in [0, 0.05) is 24.0 Å². The van der Waals surface area contributed by atoms with Crippen LogP contribution in [0.1, 0.15) is 102 Å². The maximum absolute atomic E-state index is 12.9. The molecular weight excluding hydrogens is 687 g/mol. The predicted molar refractivity (Wildman–Crippen MR) is 179 cm³/mol. The van der Waals surface area contributed by atoms with Crippen LogP contribution in [-0.2, 0) is 33.2 Å². The van der Waals surface area contributed by atoms with Crippen molar-refractivity contribution < 1.29 is 46.9 Å². The van der Waals surface area contributed by atoms with Crippen LogP contribution in [0.4, 0.5) is 5.69 Å². The first kappa shape index (κ1) is 38.5. The van der Waals surface area contributed by atoms with Crippen molar-refractivity contribution in [3.05, 3.63) is 23.0 Å². The van der Waals surface area contributed by atoms with E-state index in [4.69, 9.17) is 25.6 Å². The van der Waals surface area contributed by atoms with Gasteiger partial charge in [-0.1, -0.05) is 76.3 Å². The largest absolute Gasteiger partial charge is 0.438 e. The van der Waals surface area contributed by atoms with Crippen molar-refractivity contribution in [2.75, 3.05) is 23.4 Å². The number of sulfone groups is 1. The molecule has 0 bridgehead atoms. The number of esters is 1. The van der Waals surface area contributed by atoms with Crippen molar-refractivity contribution in [2.24, 2.45) is 0 Å². The van der Waals surface area contributed by atoms with Gasteiger partial charge < -0.3 is 34.5 Å². The van der Waals surface area contributed by atoms with E-state index in [2.05, 4.69) is 23.3 Å². The first-order valence-corrected chi connectivity index (χ1v) is 20.5. The zero-order valence-corrected chi connectivity index (χ0v) is 29.6. The Hall–Kier alpha value is -2.28. The lowest BCUT2D eigenvalue weighted by Crippen LogP contribution is -2.36. The van der Waals surface area contributed by atoms with Crippen LogP contribution in [0, 0.1) is 11.3 Å². The van der Waals surface area contributed by atoms with Gasteiger partial charge in [0.25, 0.3) is 0 Å². The minimum absolute atomic E-state index is 0.0739. The van der Waals surface area contributed by atoms with E-state index < -0.39 is 66.0 Å². The van der Waals surface area contributed by atoms with Crippen LogP contribution in [0.2, 0.25) is 5.15 Å². The highest BCUT2D eigenvalue weighted by Crippen LogP contribution is 2.44. The van der Waals surface area contributed by atoms with Crippen molar-refractivity contribution in [1.82, 2.24) is 9.55 Å². The summed E-state index contributed by atoms with van der Waals surface area (Å²) in [5.74, 6) is -1.53. The number of nitrogens with zero attached hydrogens (tertiary/aromatic N) is 3. The molecule has 48 heavy (non-hydrogen) atoms. The number of carbonyl (C=O) groups excluding carboxylic acids is 1. The molecule has 0 radical (unpaired) electrons. The molecule has 0 amide bonds. The Kier molecular flexibility index (Phi) is 14.1. The highest BCUT2D eigenvalue weighted by molar-refractivity contribution is 7.97. The molecule has 17 heteroatoms. The van der Waals surface area contributed by atoms with Crippen LogP contribution < -0.4 is 5.32 Å². The van der Waals surface area contributed by atoms with Crippen molar-refractivity contribution in [3.63, 3.8) is 0 Å². The smallest absolute Gasteiger partial charge is 0.346 e. The van der Waals surface area contributed by atoms with Gasteiger partial charge in [0.1, 0.15) is 35.6 Å². The van der Waals surface area contributed by atoms with Gasteiger partial charge in [0.05, 0.1) is 11.4 Å². The van der Waals surface area contributed by atoms with Crippen LogP contribution in [0.25, 0.3) is 11.0 Å². The van der Waals surface area contributed by atoms with Gasteiger partial charge in [0.2, 0.25) is 6.79 Å². The number of ether oxygens (including phenoxy) is 2. The first-order valence-electron chi connectivity index (χ1n) is 16.6. The van der Waals surface area contributed by atoms with E-state index in [0.717, 1.165) is 51.4 Å². The van der Waals surface area contributed by atoms with Gasteiger partial charge in [-0.25, -0.2) is 13.4 Å². The summed E-state index contributed by atoms with van der Waals surface area (Å²) in [6, 6.07) is 3.88. The molecule has 1 aliphatic heterocycles. The van der Waals surface area contributed by atoms with Crippen LogP contribution in [0.15, 0.2) is 12.3 Å². The number of rotatable bonds is 19. The Morgan fingerprint density at radius 1 is 1.17 bits per heavy atom. The Morgan fingerprint density at radius 3 is 2.50 bits per heavy atom. The zero-order valence-electron chi connectivity index (χ0n) is 27.1. The number of pyridine rings is 1. The summed E-state index contributed by atoms with van der Waals surface area (Å²) in [5, 5.41) is 35.2. The fourth-order valence-corrected chi connectivity index (χ4v) is 10.1. The summed E-state index contributed by atoms with van der Waals surface area (Å²) in [7, 11) is -9.16. The molecule has 4 rings (SSSR count). The van der Waals surface area contributed by atoms with Gasteiger partial charge in [-0.2, -0.15) is 5.26 Å². The summed E-state index contributed by atoms with van der Waals surface area (Å²) >= 11 is 6.37. The molecule has 1 saturated carbocycles. The van der Waals surface area contributed by atoms with E-state index in [1.165, 1.54) is 30.0 Å². The highest BCUT2D eigenvalue weighted by atomic mass is 35.5. The molecule has 2 aromatic heterocycles. The lowest BCUT2D eigenvalue weighted by atomic mass is 10.1. The third-order valence-corrected chi connectivity index (χ3v) is 13.2. The van der Waals surface area contributed by atoms with Gasteiger partial charge in [0.15, 0.2) is 26.7 Å². The summed E-state index contributed by atoms with van der Waals surface area (Å²) in [5.41, 5.74) is -0.424. The Labute approximate surface area is 286 Å². The Balaban J connectivity index is 1.31. The van der Waals surface area contributed by atoms with Gasteiger partial charge in [-0.3, -0.25) is 13.9 Å². The summed E-state index contributed by atoms with van der Waals surface area (Å²) < 4.78 is 55.1. The van der Waals surface area contributed by atoms with Crippen molar-refractivity contribution in [1.29, 1.82) is 5.26 Å². The number of unbranched alkanes of at least 4 members (excludes halogenated alkanes) is 7. The maximum Gasteiger partial charge on any atom is 0.346 e. The van der Waals surface area contributed by atoms with Crippen molar-refractivity contribution in [3.8, 4) is 6.07 Å². The van der Waals surface area contributed by atoms with E-state index in [0.29, 0.717) is 17.5 Å². The molecule has 1 saturated heterocycles. The number of aliphatic hydroxyl groups is 2. The molecule has 5 atom stereocenters. The van der Waals surface area contributed by atoms with Gasteiger partial charge in [-0.05, 0) is 25.3 Å². The topological polar surface area (TPSA) is 210 Å². The molecule has 1 unspecified atom stereocenters. The van der Waals surface area contributed by atoms with Crippen molar-refractivity contribution >= 4 is 51.7 Å². The average molecular weight is 733 g/mol. The second-order valence-corrected chi connectivity index (χ2v) is 17.3. The SMILES string of the molecule is CCCCCCCCCCC(=O)OCOP(=O)(O)CS(=O)(=O)C[C@H]1O[C@@H](n2ccc3c(NC4CCCC4)c(C#N)c(Cl)nc32)[C@H](O)[C@@H]1O. The lowest BCUT2D eigenvalue weighted by molar-refractivity contribution is -0.150. The highest BCUT2D eigenvalue weighted by Gasteiger charge is 2.47. The van der Waals surface area contributed by atoms with E-state index in [1.54, 1.807) is 6.07 Å². The second-order valence-electron chi connectivity index (χ2n) is 12.6. The summed E-state index contributed by atoms with van der Waals surface area (Å²) in [6.07, 6.45) is 7.89. The van der Waals surface area contributed by atoms with E-state index in [9.17, 15) is 38.1 Å². The molecular formula is C31H46ClN4O10PS. The quantitative estimate of drug-likeness (QED) is 0.0485. The third-order valence-electron chi connectivity index (χ3n) is 8.73. The third kappa shape index (κ3) is 10.4. The Bertz CT molecular complexity index is 1590. The molecule has 1 aliphatic carbocycles. The molecule has 2 aromatic rings. The maximum atomic E-state index is 12.9. The van der Waals surface area contributed by atoms with Crippen LogP contribution in [0.5, 0.6) is 0 Å². The number of carbonyl (C=O) groups is 1. The number of halogens is 1. The number of aromatic nitrogens is 2. The number of anilines is 1. The van der Waals surface area contributed by atoms with Crippen LogP contribution >= 0.6 is 19.2 Å². The molecule has 2 aliphatic rings. The monoisotopic (exact) mass is 732 g/mol. The van der Waals surface area contributed by atoms with E-state index >= 15 is 0 Å². The number of nitrogens with one attached hydrogen (secondary N) is 1. The van der Waals surface area contributed by atoms with Crippen LogP contribution in [0.3, 0.4) is 0 Å². The Morgan fingerprint density at radius 2 is 1.83 bits per heavy atom. The summed E-state index contributed by atoms with van der Waals surface area (Å²) in [4.78, 5) is 26.4. The number of hydrogen-bond acceptors (Lipinski definition) is 12. The molecule has 14 nitrogen and oxygen atoms in total. The number of nitriles is 1. The van der Waals surface area contributed by atoms with E-state index in [1.807, 2.05) is 0 Å². The minimum Gasteiger partial charge on any atom is -0.438 e. The standard InChI is InChI=1S/C31H46ClN4O10PS/c1-2-3-4-5-6-7-8-9-14-25(37)44-19-45-47(40,41)20-48(42,43)18-24-27(38)28(39)31(46-24)36-16-15-22-26(34-21-12-10-11-13-21)23(17-33)29(32)35-30(22)36/h15-16,21,24,27-28,31,38-39H,2-14,18-20H2,1H3,(H,34,35)(H,40,41)/t24-,27-,28-,31-/m1/s1. The van der Waals surface area contributed by atoms with E-state index in [-0.39, 0.29) is 28.8 Å². The average Bonchev–Trinajstić information content (AvgIpc) is 3.74.